The van der Waals surface area contributed by atoms with Crippen molar-refractivity contribution < 1.29 is 0 Å². The van der Waals surface area contributed by atoms with Crippen molar-refractivity contribution in [2.24, 2.45) is 5.92 Å². The van der Waals surface area contributed by atoms with Crippen LogP contribution in [0.5, 0.6) is 0 Å². The van der Waals surface area contributed by atoms with E-state index in [2.05, 4.69) is 50.6 Å². The normalized spacial score (nSPS) is 15.8. The lowest BCUT2D eigenvalue weighted by Crippen LogP contribution is -2.31. The molecule has 0 unspecified atom stereocenters. The largest absolute Gasteiger partial charge is 0.305 e. The zero-order valence-electron chi connectivity index (χ0n) is 13.4. The first-order valence-electron chi connectivity index (χ1n) is 8.39. The molecule has 2 heterocycles. The number of hydrogen-bond donors (Lipinski definition) is 1. The van der Waals surface area contributed by atoms with Gasteiger partial charge >= 0.3 is 0 Å². The van der Waals surface area contributed by atoms with Crippen LogP contribution in [-0.2, 0) is 6.54 Å². The van der Waals surface area contributed by atoms with Gasteiger partial charge in [0.05, 0.1) is 6.20 Å². The minimum atomic E-state index is 0.432. The average Bonchev–Trinajstić information content (AvgIpc) is 3.07. The van der Waals surface area contributed by atoms with Crippen LogP contribution in [0.1, 0.15) is 35.7 Å². The molecule has 1 saturated carbocycles. The quantitative estimate of drug-likeness (QED) is 0.732. The molecule has 1 aliphatic rings. The molecule has 4 rings (SSSR count). The highest BCUT2D eigenvalue weighted by atomic mass is 32.1. The van der Waals surface area contributed by atoms with Crippen molar-refractivity contribution in [1.29, 1.82) is 0 Å². The summed E-state index contributed by atoms with van der Waals surface area (Å²) in [7, 11) is 0. The van der Waals surface area contributed by atoms with Crippen LogP contribution in [0.4, 0.5) is 0 Å². The van der Waals surface area contributed by atoms with Crippen molar-refractivity contribution in [2.75, 3.05) is 0 Å². The molecule has 0 aliphatic heterocycles. The molecular weight excluding hydrogens is 316 g/mol. The summed E-state index contributed by atoms with van der Waals surface area (Å²) < 4.78 is 0. The summed E-state index contributed by atoms with van der Waals surface area (Å²) in [5.74, 6) is 0.750. The van der Waals surface area contributed by atoms with E-state index in [0.717, 1.165) is 23.2 Å². The number of hydrogen-bond acceptors (Lipinski definition) is 5. The van der Waals surface area contributed by atoms with E-state index < -0.39 is 0 Å². The monoisotopic (exact) mass is 336 g/mol. The van der Waals surface area contributed by atoms with Gasteiger partial charge in [-0.2, -0.15) is 0 Å². The van der Waals surface area contributed by atoms with E-state index in [4.69, 9.17) is 0 Å². The van der Waals surface area contributed by atoms with Gasteiger partial charge in [0.2, 0.25) is 0 Å². The van der Waals surface area contributed by atoms with Crippen LogP contribution in [0.25, 0.3) is 10.7 Å². The van der Waals surface area contributed by atoms with E-state index >= 15 is 0 Å². The lowest BCUT2D eigenvalue weighted by Gasteiger charge is -2.34. The Morgan fingerprint density at radius 2 is 1.96 bits per heavy atom. The van der Waals surface area contributed by atoms with Crippen LogP contribution < -0.4 is 5.32 Å². The van der Waals surface area contributed by atoms with E-state index in [9.17, 15) is 0 Å². The maximum absolute atomic E-state index is 4.49. The molecule has 4 nitrogen and oxygen atoms in total. The molecule has 5 heteroatoms. The van der Waals surface area contributed by atoms with Crippen LogP contribution in [0.15, 0.2) is 55.1 Å². The van der Waals surface area contributed by atoms with Crippen molar-refractivity contribution in [2.45, 2.75) is 31.8 Å². The molecule has 1 N–H and O–H groups in total. The van der Waals surface area contributed by atoms with Crippen molar-refractivity contribution in [1.82, 2.24) is 20.3 Å². The number of benzene rings is 1. The van der Waals surface area contributed by atoms with Crippen molar-refractivity contribution in [3.63, 3.8) is 0 Å². The fraction of sp³-hybridized carbons (Fsp3) is 0.316. The van der Waals surface area contributed by atoms with Gasteiger partial charge in [-0.05, 0) is 24.3 Å². The molecule has 1 aliphatic carbocycles. The number of nitrogens with one attached hydrogen (secondary N) is 1. The first-order valence-corrected chi connectivity index (χ1v) is 9.21. The Kier molecular flexibility index (Phi) is 4.62. The fourth-order valence-electron chi connectivity index (χ4n) is 3.12. The maximum Gasteiger partial charge on any atom is 0.143 e. The summed E-state index contributed by atoms with van der Waals surface area (Å²) in [5, 5.41) is 4.68. The van der Waals surface area contributed by atoms with Gasteiger partial charge in [0.25, 0.3) is 0 Å². The van der Waals surface area contributed by atoms with Crippen LogP contribution in [-0.4, -0.2) is 15.0 Å². The van der Waals surface area contributed by atoms with E-state index in [0.29, 0.717) is 6.04 Å². The van der Waals surface area contributed by atoms with Gasteiger partial charge in [0.15, 0.2) is 0 Å². The molecule has 0 amide bonds. The molecular formula is C19H20N4S. The third-order valence-electron chi connectivity index (χ3n) is 4.61. The molecule has 0 bridgehead atoms. The highest BCUT2D eigenvalue weighted by Crippen LogP contribution is 2.38. The molecule has 122 valence electrons. The van der Waals surface area contributed by atoms with Crippen molar-refractivity contribution >= 4 is 11.3 Å². The van der Waals surface area contributed by atoms with Crippen LogP contribution in [0.2, 0.25) is 0 Å². The van der Waals surface area contributed by atoms with Gasteiger partial charge in [-0.25, -0.2) is 4.98 Å². The van der Waals surface area contributed by atoms with E-state index in [1.807, 2.05) is 6.20 Å². The molecule has 0 radical (unpaired) electrons. The van der Waals surface area contributed by atoms with Crippen LogP contribution in [0, 0.1) is 5.92 Å². The molecule has 3 aromatic rings. The number of rotatable bonds is 6. The summed E-state index contributed by atoms with van der Waals surface area (Å²) in [4.78, 5) is 14.2. The Hall–Kier alpha value is -2.11. The Labute approximate surface area is 146 Å². The zero-order chi connectivity index (χ0) is 16.2. The predicted octanol–water partition coefficient (Wildman–Crippen LogP) is 4.23. The lowest BCUT2D eigenvalue weighted by atomic mass is 9.77. The first-order chi connectivity index (χ1) is 11.9. The smallest absolute Gasteiger partial charge is 0.143 e. The number of aromatic nitrogens is 3. The van der Waals surface area contributed by atoms with E-state index in [1.165, 1.54) is 29.7 Å². The number of nitrogens with zero attached hydrogens (tertiary/aromatic N) is 3. The number of thiazole rings is 1. The second-order valence-electron chi connectivity index (χ2n) is 6.18. The highest BCUT2D eigenvalue weighted by Gasteiger charge is 2.28. The highest BCUT2D eigenvalue weighted by molar-refractivity contribution is 7.14. The molecule has 1 fully saturated rings. The standard InChI is InChI=1S/C19H20N4S/c1-2-5-14(6-3-1)18(15-7-4-8-15)22-11-16-12-23-19(24-16)17-13-20-9-10-21-17/h1-3,5-6,9-10,12-13,15,18,22H,4,7-8,11H2/t18-/m1/s1. The second kappa shape index (κ2) is 7.20. The Balaban J connectivity index is 1.46. The summed E-state index contributed by atoms with van der Waals surface area (Å²) in [5.41, 5.74) is 2.23. The third-order valence-corrected chi connectivity index (χ3v) is 5.63. The summed E-state index contributed by atoms with van der Waals surface area (Å²) in [6.07, 6.45) is 11.1. The minimum absolute atomic E-state index is 0.432. The Morgan fingerprint density at radius 3 is 2.67 bits per heavy atom. The van der Waals surface area contributed by atoms with Gasteiger partial charge in [0, 0.05) is 36.1 Å². The Morgan fingerprint density at radius 1 is 1.08 bits per heavy atom. The topological polar surface area (TPSA) is 50.7 Å². The van der Waals surface area contributed by atoms with Crippen LogP contribution in [0.3, 0.4) is 0 Å². The van der Waals surface area contributed by atoms with Gasteiger partial charge in [-0.3, -0.25) is 9.97 Å². The minimum Gasteiger partial charge on any atom is -0.305 e. The molecule has 0 spiro atoms. The van der Waals surface area contributed by atoms with Gasteiger partial charge < -0.3 is 5.32 Å². The van der Waals surface area contributed by atoms with Gasteiger partial charge in [-0.1, -0.05) is 36.8 Å². The van der Waals surface area contributed by atoms with Crippen molar-refractivity contribution in [3.8, 4) is 10.7 Å². The molecule has 24 heavy (non-hydrogen) atoms. The van der Waals surface area contributed by atoms with Crippen molar-refractivity contribution in [3.05, 3.63) is 65.6 Å². The molecule has 2 aromatic heterocycles. The summed E-state index contributed by atoms with van der Waals surface area (Å²) >= 11 is 1.68. The van der Waals surface area contributed by atoms with E-state index in [1.54, 1.807) is 29.9 Å². The van der Waals surface area contributed by atoms with Gasteiger partial charge in [-0.15, -0.1) is 11.3 Å². The zero-order valence-corrected chi connectivity index (χ0v) is 14.2. The Bertz CT molecular complexity index is 768. The fourth-order valence-corrected chi connectivity index (χ4v) is 3.94. The lowest BCUT2D eigenvalue weighted by molar-refractivity contribution is 0.230. The SMILES string of the molecule is c1ccc([C@@H](NCc2cnc(-c3cnccn3)s2)C2CCC2)cc1. The van der Waals surface area contributed by atoms with E-state index in [-0.39, 0.29) is 0 Å². The first kappa shape index (κ1) is 15.4. The third kappa shape index (κ3) is 3.37. The predicted molar refractivity (Wildman–Crippen MR) is 96.5 cm³/mol. The van der Waals surface area contributed by atoms with Gasteiger partial charge in [0.1, 0.15) is 10.7 Å². The molecule has 0 saturated heterocycles. The summed E-state index contributed by atoms with van der Waals surface area (Å²) in [6, 6.07) is 11.2. The second-order valence-corrected chi connectivity index (χ2v) is 7.30. The molecule has 1 atom stereocenters. The molecule has 1 aromatic carbocycles. The summed E-state index contributed by atoms with van der Waals surface area (Å²) in [6.45, 7) is 0.841. The average molecular weight is 336 g/mol. The van der Waals surface area contributed by atoms with Crippen LogP contribution >= 0.6 is 11.3 Å². The maximum atomic E-state index is 4.49.